The number of hydrogen-bond acceptors (Lipinski definition) is 5. The largest absolute Gasteiger partial charge is 0.383 e. The lowest BCUT2D eigenvalue weighted by Gasteiger charge is -2.09. The van der Waals surface area contributed by atoms with E-state index < -0.39 is 11.9 Å². The van der Waals surface area contributed by atoms with Gasteiger partial charge < -0.3 is 20.8 Å². The highest BCUT2D eigenvalue weighted by Gasteiger charge is 2.44. The van der Waals surface area contributed by atoms with Crippen molar-refractivity contribution in [2.45, 2.75) is 31.8 Å². The van der Waals surface area contributed by atoms with E-state index in [0.717, 1.165) is 18.4 Å². The maximum absolute atomic E-state index is 14.4. The van der Waals surface area contributed by atoms with Gasteiger partial charge in [-0.15, -0.1) is 0 Å². The molecule has 0 aliphatic heterocycles. The van der Waals surface area contributed by atoms with Crippen molar-refractivity contribution < 1.29 is 13.9 Å². The summed E-state index contributed by atoms with van der Waals surface area (Å²) >= 11 is 0. The zero-order chi connectivity index (χ0) is 19.2. The molecule has 1 fully saturated rings. The molecular weight excluding hydrogens is 349 g/mol. The summed E-state index contributed by atoms with van der Waals surface area (Å²) in [7, 11) is 1.62. The number of ether oxygens (including phenoxy) is 1. The maximum Gasteiger partial charge on any atom is 0.293 e. The molecule has 0 spiro atoms. The van der Waals surface area contributed by atoms with E-state index in [1.165, 1.54) is 0 Å². The second-order valence-corrected chi connectivity index (χ2v) is 7.11. The average molecular weight is 369 g/mol. The summed E-state index contributed by atoms with van der Waals surface area (Å²) in [5.74, 6) is -0.992. The highest BCUT2D eigenvalue weighted by molar-refractivity contribution is 6.04. The van der Waals surface area contributed by atoms with Crippen molar-refractivity contribution in [3.8, 4) is 0 Å². The Morgan fingerprint density at radius 2 is 2.04 bits per heavy atom. The number of nitrogens with two attached hydrogens (primary N) is 1. The predicted octanol–water partition coefficient (Wildman–Crippen LogP) is 3.13. The summed E-state index contributed by atoms with van der Waals surface area (Å²) in [6, 6.07) is 7.21. The van der Waals surface area contributed by atoms with E-state index >= 15 is 0 Å². The van der Waals surface area contributed by atoms with Gasteiger partial charge in [-0.05, 0) is 36.0 Å². The van der Waals surface area contributed by atoms with E-state index in [2.05, 4.69) is 20.3 Å². The minimum Gasteiger partial charge on any atom is -0.383 e. The fraction of sp³-hybridized carbons (Fsp3) is 0.316. The van der Waals surface area contributed by atoms with Crippen molar-refractivity contribution >= 4 is 28.4 Å². The van der Waals surface area contributed by atoms with Crippen molar-refractivity contribution in [3.05, 3.63) is 47.2 Å². The Bertz CT molecular complexity index is 1020. The smallest absolute Gasteiger partial charge is 0.293 e. The van der Waals surface area contributed by atoms with Crippen LogP contribution in [0, 0.1) is 5.95 Å². The van der Waals surface area contributed by atoms with Gasteiger partial charge in [0.25, 0.3) is 5.91 Å². The first kappa shape index (κ1) is 17.4. The van der Waals surface area contributed by atoms with Gasteiger partial charge in [-0.2, -0.15) is 4.39 Å². The van der Waals surface area contributed by atoms with E-state index in [9.17, 15) is 9.18 Å². The molecule has 8 heteroatoms. The van der Waals surface area contributed by atoms with Gasteiger partial charge in [0.2, 0.25) is 5.82 Å². The number of nitrogens with one attached hydrogen (secondary N) is 2. The Kier molecular flexibility index (Phi) is 4.07. The van der Waals surface area contributed by atoms with Crippen molar-refractivity contribution in [2.75, 3.05) is 18.2 Å². The summed E-state index contributed by atoms with van der Waals surface area (Å²) < 4.78 is 19.5. The Morgan fingerprint density at radius 1 is 1.33 bits per heavy atom. The molecule has 1 aliphatic carbocycles. The molecule has 27 heavy (non-hydrogen) atoms. The number of aromatic nitrogens is 3. The molecule has 0 radical (unpaired) electrons. The van der Waals surface area contributed by atoms with Gasteiger partial charge in [-0.1, -0.05) is 19.1 Å². The highest BCUT2D eigenvalue weighted by atomic mass is 19.1. The third-order valence-corrected chi connectivity index (χ3v) is 4.96. The Hall–Kier alpha value is -3.00. The third kappa shape index (κ3) is 3.12. The van der Waals surface area contributed by atoms with E-state index in [1.54, 1.807) is 19.2 Å². The molecule has 0 saturated heterocycles. The first-order chi connectivity index (χ1) is 12.9. The topological polar surface area (TPSA) is 106 Å². The van der Waals surface area contributed by atoms with Gasteiger partial charge in [0, 0.05) is 18.4 Å². The van der Waals surface area contributed by atoms with Crippen LogP contribution in [0.15, 0.2) is 24.3 Å². The number of halogens is 1. The molecule has 4 rings (SSSR count). The number of hydrogen-bond donors (Lipinski definition) is 3. The summed E-state index contributed by atoms with van der Waals surface area (Å²) in [5, 5.41) is 3.18. The quantitative estimate of drug-likeness (QED) is 0.641. The minimum atomic E-state index is -0.516. The lowest BCUT2D eigenvalue weighted by molar-refractivity contribution is 0.101. The van der Waals surface area contributed by atoms with E-state index in [-0.39, 0.29) is 22.7 Å². The van der Waals surface area contributed by atoms with Crippen LogP contribution in [-0.2, 0) is 16.8 Å². The molecule has 0 bridgehead atoms. The highest BCUT2D eigenvalue weighted by Crippen LogP contribution is 2.51. The minimum absolute atomic E-state index is 0.101. The molecule has 1 amide bonds. The summed E-state index contributed by atoms with van der Waals surface area (Å²) in [4.78, 5) is 23.4. The third-order valence-electron chi connectivity index (χ3n) is 4.96. The van der Waals surface area contributed by atoms with Crippen molar-refractivity contribution in [2.24, 2.45) is 0 Å². The van der Waals surface area contributed by atoms with Crippen LogP contribution in [0.25, 0.3) is 11.0 Å². The number of rotatable bonds is 5. The molecule has 1 saturated carbocycles. The second-order valence-electron chi connectivity index (χ2n) is 7.11. The van der Waals surface area contributed by atoms with Crippen LogP contribution >= 0.6 is 0 Å². The van der Waals surface area contributed by atoms with E-state index in [1.807, 2.05) is 19.1 Å². The molecular formula is C19H20FN5O2. The number of nitrogens with zero attached hydrogens (tertiary/aromatic N) is 2. The van der Waals surface area contributed by atoms with Crippen molar-refractivity contribution in [1.29, 1.82) is 0 Å². The fourth-order valence-corrected chi connectivity index (χ4v) is 3.23. The first-order valence-corrected chi connectivity index (χ1v) is 8.66. The molecule has 2 aromatic heterocycles. The lowest BCUT2D eigenvalue weighted by atomic mass is 9.98. The number of nitrogen functional groups attached to an aromatic ring is 1. The van der Waals surface area contributed by atoms with Gasteiger partial charge in [0.15, 0.2) is 5.95 Å². The van der Waals surface area contributed by atoms with Crippen LogP contribution in [-0.4, -0.2) is 28.0 Å². The number of carbonyl (C=O) groups is 1. The van der Waals surface area contributed by atoms with Gasteiger partial charge in [0.1, 0.15) is 11.5 Å². The molecule has 4 N–H and O–H groups in total. The first-order valence-electron chi connectivity index (χ1n) is 8.66. The Balaban J connectivity index is 1.63. The second kappa shape index (κ2) is 6.31. The fourth-order valence-electron chi connectivity index (χ4n) is 3.23. The number of H-pyrrole nitrogens is 1. The SMILES string of the molecule is COCc1ccc(NC(=O)c2nc(N)c3c(C4(C)CC4)c(F)[nH]c3n2)cc1. The summed E-state index contributed by atoms with van der Waals surface area (Å²) in [5.41, 5.74) is 8.13. The zero-order valence-corrected chi connectivity index (χ0v) is 15.1. The van der Waals surface area contributed by atoms with E-state index in [0.29, 0.717) is 23.2 Å². The molecule has 1 aliphatic rings. The van der Waals surface area contributed by atoms with Gasteiger partial charge in [-0.3, -0.25) is 4.79 Å². The Morgan fingerprint density at radius 3 is 2.67 bits per heavy atom. The molecule has 0 atom stereocenters. The normalized spacial score (nSPS) is 15.1. The van der Waals surface area contributed by atoms with Crippen LogP contribution in [0.4, 0.5) is 15.9 Å². The number of aromatic amines is 1. The summed E-state index contributed by atoms with van der Waals surface area (Å²) in [6.07, 6.45) is 1.77. The lowest BCUT2D eigenvalue weighted by Crippen LogP contribution is -2.17. The summed E-state index contributed by atoms with van der Waals surface area (Å²) in [6.45, 7) is 2.47. The van der Waals surface area contributed by atoms with Crippen molar-refractivity contribution in [1.82, 2.24) is 15.0 Å². The predicted molar refractivity (Wildman–Crippen MR) is 100.0 cm³/mol. The van der Waals surface area contributed by atoms with Crippen LogP contribution in [0.5, 0.6) is 0 Å². The molecule has 2 heterocycles. The molecule has 3 aromatic rings. The van der Waals surface area contributed by atoms with E-state index in [4.69, 9.17) is 10.5 Å². The zero-order valence-electron chi connectivity index (χ0n) is 15.1. The average Bonchev–Trinajstić information content (AvgIpc) is 3.27. The monoisotopic (exact) mass is 369 g/mol. The molecule has 0 unspecified atom stereocenters. The van der Waals surface area contributed by atoms with Crippen molar-refractivity contribution in [3.63, 3.8) is 0 Å². The Labute approximate surface area is 155 Å². The molecule has 140 valence electrons. The molecule has 7 nitrogen and oxygen atoms in total. The van der Waals surface area contributed by atoms with Gasteiger partial charge in [-0.25, -0.2) is 9.97 Å². The van der Waals surface area contributed by atoms with Gasteiger partial charge in [0.05, 0.1) is 12.0 Å². The van der Waals surface area contributed by atoms with Crippen LogP contribution < -0.4 is 11.1 Å². The van der Waals surface area contributed by atoms with Gasteiger partial charge >= 0.3 is 0 Å². The number of amides is 1. The standard InChI is InChI=1S/C19H20FN5O2/c1-19(7-8-19)13-12-15(21)24-17(25-16(12)23-14(13)20)18(26)22-11-5-3-10(4-6-11)9-27-2/h3-6H,7-9H2,1-2H3,(H,22,26)(H3,21,23,24,25). The number of carbonyl (C=O) groups excluding carboxylic acids is 1. The van der Waals surface area contributed by atoms with Crippen LogP contribution in [0.2, 0.25) is 0 Å². The van der Waals surface area contributed by atoms with Crippen LogP contribution in [0.1, 0.15) is 41.5 Å². The number of benzene rings is 1. The number of fused-ring (bicyclic) bond motifs is 1. The maximum atomic E-state index is 14.4. The number of anilines is 2. The number of methoxy groups -OCH3 is 1. The van der Waals surface area contributed by atoms with Crippen LogP contribution in [0.3, 0.4) is 0 Å². The molecule has 1 aromatic carbocycles.